The molecule has 1 aliphatic rings. The minimum Gasteiger partial charge on any atom is -0.464 e. The number of nitrogens with zero attached hydrogens (tertiary/aromatic N) is 3. The third-order valence-electron chi connectivity index (χ3n) is 10.9. The highest BCUT2D eigenvalue weighted by Gasteiger charge is 2.22. The number of piperidine rings is 1. The fourth-order valence-corrected chi connectivity index (χ4v) is 7.40. The lowest BCUT2D eigenvalue weighted by atomic mass is 9.96. The van der Waals surface area contributed by atoms with Gasteiger partial charge in [-0.1, -0.05) is 142 Å². The summed E-state index contributed by atoms with van der Waals surface area (Å²) in [6.07, 6.45) is 34.2. The number of hydrogen-bond donors (Lipinski definition) is 0. The number of unbranched alkanes of at least 4 members (excludes halogenated alkanes) is 21. The van der Waals surface area contributed by atoms with Crippen LogP contribution in [0.2, 0.25) is 0 Å². The van der Waals surface area contributed by atoms with E-state index in [1.165, 1.54) is 167 Å². The number of carbonyl (C=O) groups excluding carboxylic acids is 2. The predicted octanol–water partition coefficient (Wildman–Crippen LogP) is 10.8. The Morgan fingerprint density at radius 1 is 0.529 bits per heavy atom. The Labute approximate surface area is 317 Å². The Morgan fingerprint density at radius 2 is 0.922 bits per heavy atom. The first-order valence-corrected chi connectivity index (χ1v) is 22.3. The first-order valence-electron chi connectivity index (χ1n) is 22.3. The van der Waals surface area contributed by atoms with Gasteiger partial charge in [-0.25, -0.2) is 0 Å². The van der Waals surface area contributed by atoms with Crippen LogP contribution in [0.3, 0.4) is 0 Å². The van der Waals surface area contributed by atoms with E-state index in [9.17, 15) is 9.59 Å². The van der Waals surface area contributed by atoms with Crippen molar-refractivity contribution in [2.45, 2.75) is 194 Å². The van der Waals surface area contributed by atoms with Gasteiger partial charge in [0.25, 0.3) is 0 Å². The maximum absolute atomic E-state index is 12.5. The van der Waals surface area contributed by atoms with Gasteiger partial charge in [0.1, 0.15) is 13.2 Å². The Balaban J connectivity index is 2.29. The van der Waals surface area contributed by atoms with Gasteiger partial charge in [0, 0.05) is 32.5 Å². The number of ether oxygens (including phenoxy) is 2. The van der Waals surface area contributed by atoms with Crippen LogP contribution in [0.25, 0.3) is 0 Å². The van der Waals surface area contributed by atoms with E-state index in [0.29, 0.717) is 45.1 Å². The van der Waals surface area contributed by atoms with Crippen molar-refractivity contribution in [2.24, 2.45) is 5.92 Å². The first-order chi connectivity index (χ1) is 24.9. The molecule has 0 amide bonds. The largest absolute Gasteiger partial charge is 0.464 e. The van der Waals surface area contributed by atoms with Gasteiger partial charge in [-0.2, -0.15) is 0 Å². The molecule has 1 fully saturated rings. The summed E-state index contributed by atoms with van der Waals surface area (Å²) in [6, 6.07) is 0. The van der Waals surface area contributed by atoms with Crippen LogP contribution in [0.1, 0.15) is 194 Å². The number of esters is 2. The van der Waals surface area contributed by atoms with Gasteiger partial charge < -0.3 is 19.3 Å². The lowest BCUT2D eigenvalue weighted by Crippen LogP contribution is -2.41. The molecule has 0 atom stereocenters. The Morgan fingerprint density at radius 3 is 1.31 bits per heavy atom. The summed E-state index contributed by atoms with van der Waals surface area (Å²) in [6.45, 7) is 12.5. The normalized spacial score (nSPS) is 14.2. The zero-order valence-electron chi connectivity index (χ0n) is 34.7. The second-order valence-electron chi connectivity index (χ2n) is 16.1. The molecule has 51 heavy (non-hydrogen) atoms. The molecule has 0 radical (unpaired) electrons. The maximum Gasteiger partial charge on any atom is 0.305 e. The average molecular weight is 722 g/mol. The third kappa shape index (κ3) is 32.0. The van der Waals surface area contributed by atoms with E-state index in [1.807, 2.05) is 0 Å². The average Bonchev–Trinajstić information content (AvgIpc) is 3.12. The van der Waals surface area contributed by atoms with Crippen LogP contribution in [-0.2, 0) is 19.1 Å². The molecule has 1 rings (SSSR count). The van der Waals surface area contributed by atoms with E-state index in [4.69, 9.17) is 9.47 Å². The monoisotopic (exact) mass is 722 g/mol. The molecule has 0 aromatic heterocycles. The molecular weight excluding hydrogens is 635 g/mol. The van der Waals surface area contributed by atoms with Gasteiger partial charge in [0.15, 0.2) is 0 Å². The molecule has 7 heteroatoms. The van der Waals surface area contributed by atoms with Gasteiger partial charge in [-0.15, -0.1) is 0 Å². The highest BCUT2D eigenvalue weighted by Crippen LogP contribution is 2.19. The van der Waals surface area contributed by atoms with Crippen LogP contribution in [0.5, 0.6) is 0 Å². The number of hydrogen-bond acceptors (Lipinski definition) is 7. The van der Waals surface area contributed by atoms with Gasteiger partial charge in [0.2, 0.25) is 0 Å². The quantitative estimate of drug-likeness (QED) is 0.0467. The SMILES string of the molecule is CCCCCCCCCCCCCC(=O)OCCN(CCOC(=O)CCCCCCCCCCCCC)CC1CCN(CCCCN(C)C)CC1. The van der Waals surface area contributed by atoms with Crippen LogP contribution < -0.4 is 0 Å². The van der Waals surface area contributed by atoms with E-state index >= 15 is 0 Å². The molecule has 0 N–H and O–H groups in total. The van der Waals surface area contributed by atoms with Crippen LogP contribution in [-0.4, -0.2) is 99.8 Å². The van der Waals surface area contributed by atoms with Crippen molar-refractivity contribution in [1.29, 1.82) is 0 Å². The molecule has 0 aromatic carbocycles. The third-order valence-corrected chi connectivity index (χ3v) is 10.9. The van der Waals surface area contributed by atoms with E-state index in [2.05, 4.69) is 42.6 Å². The van der Waals surface area contributed by atoms with E-state index in [1.54, 1.807) is 0 Å². The van der Waals surface area contributed by atoms with E-state index < -0.39 is 0 Å². The molecule has 1 aliphatic heterocycles. The van der Waals surface area contributed by atoms with Crippen molar-refractivity contribution in [1.82, 2.24) is 14.7 Å². The van der Waals surface area contributed by atoms with Crippen LogP contribution in [0.15, 0.2) is 0 Å². The summed E-state index contributed by atoms with van der Waals surface area (Å²) in [7, 11) is 4.30. The summed E-state index contributed by atoms with van der Waals surface area (Å²) < 4.78 is 11.4. The zero-order valence-corrected chi connectivity index (χ0v) is 34.7. The molecule has 0 saturated carbocycles. The topological polar surface area (TPSA) is 62.3 Å². The minimum atomic E-state index is -0.0631. The van der Waals surface area contributed by atoms with Crippen molar-refractivity contribution in [3.8, 4) is 0 Å². The smallest absolute Gasteiger partial charge is 0.305 e. The number of carbonyl (C=O) groups is 2. The summed E-state index contributed by atoms with van der Waals surface area (Å²) >= 11 is 0. The zero-order chi connectivity index (χ0) is 37.0. The first kappa shape index (κ1) is 47.8. The van der Waals surface area contributed by atoms with Gasteiger partial charge in [-0.05, 0) is 84.7 Å². The van der Waals surface area contributed by atoms with Gasteiger partial charge in [0.05, 0.1) is 0 Å². The molecule has 0 unspecified atom stereocenters. The molecule has 0 bridgehead atoms. The van der Waals surface area contributed by atoms with Crippen molar-refractivity contribution < 1.29 is 19.1 Å². The van der Waals surface area contributed by atoms with Crippen LogP contribution in [0, 0.1) is 5.92 Å². The molecule has 0 aromatic rings. The molecule has 302 valence electrons. The maximum atomic E-state index is 12.5. The summed E-state index contributed by atoms with van der Waals surface area (Å²) in [5, 5.41) is 0. The standard InChI is InChI=1S/C44H87N3O4/c1-5-7-9-11-13-15-17-19-21-23-25-29-43(48)50-39-37-47(41-42-31-35-46(36-32-42)34-28-27-33-45(3)4)38-40-51-44(49)30-26-24-22-20-18-16-14-12-10-8-6-2/h42H,5-41H2,1-4H3. The Bertz CT molecular complexity index is 727. The highest BCUT2D eigenvalue weighted by molar-refractivity contribution is 5.69. The summed E-state index contributed by atoms with van der Waals surface area (Å²) in [5.74, 6) is 0.515. The molecule has 1 heterocycles. The lowest BCUT2D eigenvalue weighted by Gasteiger charge is -2.35. The number of likely N-dealkylation sites (tertiary alicyclic amines) is 1. The van der Waals surface area contributed by atoms with Crippen LogP contribution in [0.4, 0.5) is 0 Å². The molecule has 0 spiro atoms. The van der Waals surface area contributed by atoms with Crippen LogP contribution >= 0.6 is 0 Å². The minimum absolute atomic E-state index is 0.0631. The molecule has 7 nitrogen and oxygen atoms in total. The second-order valence-corrected chi connectivity index (χ2v) is 16.1. The number of rotatable bonds is 37. The summed E-state index contributed by atoms with van der Waals surface area (Å²) in [5.41, 5.74) is 0. The van der Waals surface area contributed by atoms with Crippen molar-refractivity contribution in [3.05, 3.63) is 0 Å². The second kappa shape index (κ2) is 35.8. The summed E-state index contributed by atoms with van der Waals surface area (Å²) in [4.78, 5) is 32.3. The Kier molecular flexibility index (Phi) is 33.6. The fraction of sp³-hybridized carbons (Fsp3) is 0.955. The lowest BCUT2D eigenvalue weighted by molar-refractivity contribution is -0.144. The fourth-order valence-electron chi connectivity index (χ4n) is 7.40. The van der Waals surface area contributed by atoms with E-state index in [-0.39, 0.29) is 11.9 Å². The van der Waals surface area contributed by atoms with Crippen molar-refractivity contribution in [3.63, 3.8) is 0 Å². The van der Waals surface area contributed by atoms with Gasteiger partial charge >= 0.3 is 11.9 Å². The highest BCUT2D eigenvalue weighted by atomic mass is 16.5. The van der Waals surface area contributed by atoms with Gasteiger partial charge in [-0.3, -0.25) is 14.5 Å². The van der Waals surface area contributed by atoms with Crippen molar-refractivity contribution in [2.75, 3.05) is 73.1 Å². The molecular formula is C44H87N3O4. The van der Waals surface area contributed by atoms with E-state index in [0.717, 1.165) is 32.2 Å². The van der Waals surface area contributed by atoms with Crippen molar-refractivity contribution >= 4 is 11.9 Å². The molecule has 1 saturated heterocycles. The molecule has 0 aliphatic carbocycles. The Hall–Kier alpha value is -1.18. The predicted molar refractivity (Wildman–Crippen MR) is 217 cm³/mol.